The number of esters is 1. The van der Waals surface area contributed by atoms with Gasteiger partial charge in [0.25, 0.3) is 0 Å². The monoisotopic (exact) mass is 377 g/mol. The molecular formula is C17H16BrNO4. The molecule has 23 heavy (non-hydrogen) atoms. The zero-order valence-electron chi connectivity index (χ0n) is 12.8. The number of carbonyl (C=O) groups is 1. The summed E-state index contributed by atoms with van der Waals surface area (Å²) in [5.74, 6) is -0.0431. The number of halogens is 1. The third-order valence-electron chi connectivity index (χ3n) is 3.24. The van der Waals surface area contributed by atoms with Gasteiger partial charge < -0.3 is 14.1 Å². The molecule has 120 valence electrons. The van der Waals surface area contributed by atoms with Crippen LogP contribution in [-0.4, -0.2) is 25.0 Å². The molecule has 0 N–H and O–H groups in total. The number of carbonyl (C=O) groups excluding carboxylic acids is 1. The maximum atomic E-state index is 12.7. The molecule has 0 fully saturated rings. The largest absolute Gasteiger partial charge is 0.466 e. The number of hydrogen-bond donors (Lipinski definition) is 0. The second-order valence-electron chi connectivity index (χ2n) is 4.87. The summed E-state index contributed by atoms with van der Waals surface area (Å²) < 4.78 is 11.1. The van der Waals surface area contributed by atoms with Gasteiger partial charge in [-0.2, -0.15) is 0 Å². The molecule has 0 radical (unpaired) electrons. The summed E-state index contributed by atoms with van der Waals surface area (Å²) >= 11 is 3.35. The topological polar surface area (TPSA) is 59.8 Å². The summed E-state index contributed by atoms with van der Waals surface area (Å²) in [6, 6.07) is 5.27. The van der Waals surface area contributed by atoms with Crippen molar-refractivity contribution in [3.05, 3.63) is 63.1 Å². The van der Waals surface area contributed by atoms with Crippen molar-refractivity contribution in [1.82, 2.24) is 4.90 Å². The van der Waals surface area contributed by atoms with Gasteiger partial charge in [-0.1, -0.05) is 22.5 Å². The second kappa shape index (κ2) is 7.28. The average molecular weight is 378 g/mol. The highest BCUT2D eigenvalue weighted by Gasteiger charge is 2.14. The van der Waals surface area contributed by atoms with Gasteiger partial charge >= 0.3 is 5.97 Å². The van der Waals surface area contributed by atoms with E-state index in [1.54, 1.807) is 30.3 Å². The van der Waals surface area contributed by atoms with Crippen LogP contribution < -0.4 is 5.43 Å². The number of methoxy groups -OCH3 is 1. The predicted octanol–water partition coefficient (Wildman–Crippen LogP) is 3.32. The van der Waals surface area contributed by atoms with Crippen molar-refractivity contribution in [3.8, 4) is 0 Å². The van der Waals surface area contributed by atoms with Crippen LogP contribution in [0.5, 0.6) is 0 Å². The van der Waals surface area contributed by atoms with E-state index in [0.29, 0.717) is 22.3 Å². The first-order chi connectivity index (χ1) is 11.0. The smallest absolute Gasteiger partial charge is 0.331 e. The number of nitrogens with zero attached hydrogens (tertiary/aromatic N) is 1. The SMILES string of the molecule is C=Cc1oc2ccc(Br)cc2c(=O)c1CN(C)/C=C/C(=O)OC. The molecule has 0 saturated carbocycles. The molecule has 0 aliphatic carbocycles. The first kappa shape index (κ1) is 17.0. The van der Waals surface area contributed by atoms with Gasteiger partial charge in [-0.05, 0) is 24.3 Å². The Hall–Kier alpha value is -2.34. The zero-order valence-corrected chi connectivity index (χ0v) is 14.4. The Morgan fingerprint density at radius 2 is 2.22 bits per heavy atom. The average Bonchev–Trinajstić information content (AvgIpc) is 2.55. The second-order valence-corrected chi connectivity index (χ2v) is 5.79. The predicted molar refractivity (Wildman–Crippen MR) is 92.9 cm³/mol. The number of fused-ring (bicyclic) bond motifs is 1. The van der Waals surface area contributed by atoms with Gasteiger partial charge in [-0.15, -0.1) is 0 Å². The molecule has 1 aromatic heterocycles. The molecule has 0 aliphatic heterocycles. The quantitative estimate of drug-likeness (QED) is 0.590. The van der Waals surface area contributed by atoms with Gasteiger partial charge in [-0.25, -0.2) is 4.79 Å². The first-order valence-electron chi connectivity index (χ1n) is 6.80. The standard InChI is InChI=1S/C17H16BrNO4/c1-4-14-13(10-19(2)8-7-16(20)22-3)17(21)12-9-11(18)5-6-15(12)23-14/h4-9H,1,10H2,2-3H3/b8-7+. The highest BCUT2D eigenvalue weighted by molar-refractivity contribution is 9.10. The normalized spacial score (nSPS) is 10.9. The number of ether oxygens (including phenoxy) is 1. The molecule has 0 spiro atoms. The summed E-state index contributed by atoms with van der Waals surface area (Å²) in [5.41, 5.74) is 0.855. The molecule has 1 aromatic carbocycles. The van der Waals surface area contributed by atoms with E-state index in [0.717, 1.165) is 4.47 Å². The van der Waals surface area contributed by atoms with Crippen LogP contribution in [0.25, 0.3) is 17.0 Å². The van der Waals surface area contributed by atoms with Crippen LogP contribution in [0.15, 0.2) is 50.7 Å². The Morgan fingerprint density at radius 3 is 2.87 bits per heavy atom. The molecule has 0 amide bonds. The minimum Gasteiger partial charge on any atom is -0.466 e. The summed E-state index contributed by atoms with van der Waals surface area (Å²) in [6.07, 6.45) is 4.34. The number of benzene rings is 1. The minimum atomic E-state index is -0.463. The van der Waals surface area contributed by atoms with Crippen molar-refractivity contribution in [2.75, 3.05) is 14.2 Å². The molecule has 0 atom stereocenters. The maximum absolute atomic E-state index is 12.7. The maximum Gasteiger partial charge on any atom is 0.331 e. The van der Waals surface area contributed by atoms with Gasteiger partial charge in [0.05, 0.1) is 18.1 Å². The van der Waals surface area contributed by atoms with Gasteiger partial charge in [0.2, 0.25) is 0 Å². The lowest BCUT2D eigenvalue weighted by atomic mass is 10.1. The fraction of sp³-hybridized carbons (Fsp3) is 0.176. The van der Waals surface area contributed by atoms with Gasteiger partial charge in [0.1, 0.15) is 11.3 Å². The molecule has 0 unspecified atom stereocenters. The molecule has 1 heterocycles. The van der Waals surface area contributed by atoms with E-state index in [4.69, 9.17) is 4.42 Å². The van der Waals surface area contributed by atoms with E-state index in [9.17, 15) is 9.59 Å². The Labute approximate surface area is 142 Å². The van der Waals surface area contributed by atoms with E-state index in [2.05, 4.69) is 27.2 Å². The molecule has 0 saturated heterocycles. The van der Waals surface area contributed by atoms with E-state index < -0.39 is 5.97 Å². The van der Waals surface area contributed by atoms with E-state index in [1.165, 1.54) is 19.3 Å². The van der Waals surface area contributed by atoms with Crippen LogP contribution in [0.2, 0.25) is 0 Å². The highest BCUT2D eigenvalue weighted by atomic mass is 79.9. The van der Waals surface area contributed by atoms with Gasteiger partial charge in [0.15, 0.2) is 5.43 Å². The number of hydrogen-bond acceptors (Lipinski definition) is 5. The van der Waals surface area contributed by atoms with Crippen LogP contribution >= 0.6 is 15.9 Å². The fourth-order valence-corrected chi connectivity index (χ4v) is 2.46. The Morgan fingerprint density at radius 1 is 1.48 bits per heavy atom. The summed E-state index contributed by atoms with van der Waals surface area (Å²) in [7, 11) is 3.05. The van der Waals surface area contributed by atoms with Crippen molar-refractivity contribution in [2.45, 2.75) is 6.54 Å². The summed E-state index contributed by atoms with van der Waals surface area (Å²) in [6.45, 7) is 3.98. The van der Waals surface area contributed by atoms with Crippen molar-refractivity contribution in [1.29, 1.82) is 0 Å². The molecule has 2 aromatic rings. The Kier molecular flexibility index (Phi) is 5.39. The summed E-state index contributed by atoms with van der Waals surface area (Å²) in [5, 5.41) is 0.491. The summed E-state index contributed by atoms with van der Waals surface area (Å²) in [4.78, 5) is 25.5. The third kappa shape index (κ3) is 3.90. The highest BCUT2D eigenvalue weighted by Crippen LogP contribution is 2.21. The fourth-order valence-electron chi connectivity index (χ4n) is 2.10. The van der Waals surface area contributed by atoms with E-state index in [1.807, 2.05) is 6.07 Å². The van der Waals surface area contributed by atoms with Gasteiger partial charge in [0, 0.05) is 30.3 Å². The molecule has 0 bridgehead atoms. The lowest BCUT2D eigenvalue weighted by Crippen LogP contribution is -2.20. The van der Waals surface area contributed by atoms with Crippen molar-refractivity contribution < 1.29 is 13.9 Å². The molecule has 0 aliphatic rings. The lowest BCUT2D eigenvalue weighted by molar-refractivity contribution is -0.134. The Balaban J connectivity index is 2.45. The lowest BCUT2D eigenvalue weighted by Gasteiger charge is -2.15. The van der Waals surface area contributed by atoms with Crippen molar-refractivity contribution in [3.63, 3.8) is 0 Å². The van der Waals surface area contributed by atoms with Crippen molar-refractivity contribution >= 4 is 38.9 Å². The van der Waals surface area contributed by atoms with E-state index >= 15 is 0 Å². The van der Waals surface area contributed by atoms with Crippen LogP contribution in [0.4, 0.5) is 0 Å². The van der Waals surface area contributed by atoms with E-state index in [-0.39, 0.29) is 12.0 Å². The van der Waals surface area contributed by atoms with Crippen LogP contribution in [0.3, 0.4) is 0 Å². The van der Waals surface area contributed by atoms with Crippen molar-refractivity contribution in [2.24, 2.45) is 0 Å². The molecule has 6 heteroatoms. The van der Waals surface area contributed by atoms with Gasteiger partial charge in [-0.3, -0.25) is 4.79 Å². The van der Waals surface area contributed by atoms with Crippen LogP contribution in [0.1, 0.15) is 11.3 Å². The number of rotatable bonds is 5. The van der Waals surface area contributed by atoms with Crippen LogP contribution in [0, 0.1) is 0 Å². The first-order valence-corrected chi connectivity index (χ1v) is 7.59. The zero-order chi connectivity index (χ0) is 17.0. The minimum absolute atomic E-state index is 0.124. The third-order valence-corrected chi connectivity index (χ3v) is 3.73. The molecule has 2 rings (SSSR count). The molecular weight excluding hydrogens is 362 g/mol. The molecule has 5 nitrogen and oxygen atoms in total. The van der Waals surface area contributed by atoms with Crippen LogP contribution in [-0.2, 0) is 16.1 Å². The Bertz CT molecular complexity index is 838.